The molecule has 0 aliphatic rings. The lowest BCUT2D eigenvalue weighted by molar-refractivity contribution is 0.546. The molecule has 0 spiro atoms. The van der Waals surface area contributed by atoms with Crippen molar-refractivity contribution >= 4 is 22.2 Å². The van der Waals surface area contributed by atoms with Crippen molar-refractivity contribution in [1.29, 1.82) is 0 Å². The molecule has 0 aromatic carbocycles. The van der Waals surface area contributed by atoms with Gasteiger partial charge in [0.05, 0.1) is 6.54 Å². The topological polar surface area (TPSA) is 119 Å². The second kappa shape index (κ2) is 7.03. The summed E-state index contributed by atoms with van der Waals surface area (Å²) in [6.45, 7) is 0.269. The molecule has 15 heavy (non-hydrogen) atoms. The van der Waals surface area contributed by atoms with Crippen LogP contribution in [0.4, 0.5) is 0 Å². The van der Waals surface area contributed by atoms with Gasteiger partial charge in [0.15, 0.2) is 5.37 Å². The fourth-order valence-corrected chi connectivity index (χ4v) is 1.60. The zero-order valence-corrected chi connectivity index (χ0v) is 8.74. The van der Waals surface area contributed by atoms with E-state index in [0.29, 0.717) is 12.8 Å². The monoisotopic (exact) mass is 233 g/mol. The van der Waals surface area contributed by atoms with Gasteiger partial charge < -0.3 is 0 Å². The van der Waals surface area contributed by atoms with E-state index in [0.717, 1.165) is 6.08 Å². The van der Waals surface area contributed by atoms with Gasteiger partial charge in [0.2, 0.25) is 22.2 Å². The zero-order chi connectivity index (χ0) is 11.7. The second-order valence-electron chi connectivity index (χ2n) is 2.73. The number of sulfonamides is 1. The molecule has 0 saturated carbocycles. The summed E-state index contributed by atoms with van der Waals surface area (Å²) in [7, 11) is -3.86. The molecule has 7 nitrogen and oxygen atoms in total. The normalized spacial score (nSPS) is 12.3. The van der Waals surface area contributed by atoms with Crippen molar-refractivity contribution in [1.82, 2.24) is 0 Å². The van der Waals surface area contributed by atoms with Gasteiger partial charge in [-0.05, 0) is 19.3 Å². The van der Waals surface area contributed by atoms with Crippen molar-refractivity contribution in [3.05, 3.63) is 0 Å². The van der Waals surface area contributed by atoms with Gasteiger partial charge in [0.25, 0.3) is 0 Å². The summed E-state index contributed by atoms with van der Waals surface area (Å²) in [5.41, 5.74) is 0. The highest BCUT2D eigenvalue weighted by Gasteiger charge is 2.19. The lowest BCUT2D eigenvalue weighted by Crippen LogP contribution is -2.26. The second-order valence-corrected chi connectivity index (χ2v) is 4.46. The Hall–Kier alpha value is -1.33. The molecule has 0 heterocycles. The molecule has 0 fully saturated rings. The van der Waals surface area contributed by atoms with Crippen molar-refractivity contribution in [3.63, 3.8) is 0 Å². The van der Waals surface area contributed by atoms with Crippen molar-refractivity contribution in [2.45, 2.75) is 24.6 Å². The molecular formula is C7H11N3O4S. The molecule has 2 N–H and O–H groups in total. The maximum atomic E-state index is 10.9. The number of primary sulfonamides is 1. The minimum absolute atomic E-state index is 0.114. The SMILES string of the molecule is NS(=O)(=O)C(CCCCN=C=O)N=C=O. The summed E-state index contributed by atoms with van der Waals surface area (Å²) in [5.74, 6) is 0. The Labute approximate surface area is 87.1 Å². The smallest absolute Gasteiger partial charge is 0.227 e. The van der Waals surface area contributed by atoms with Crippen LogP contribution in [0.1, 0.15) is 19.3 Å². The highest BCUT2D eigenvalue weighted by atomic mass is 32.2. The summed E-state index contributed by atoms with van der Waals surface area (Å²) in [6.07, 6.45) is 3.58. The maximum absolute atomic E-state index is 10.9. The standard InChI is InChI=1S/C7H11N3O4S/c8-15(13,14)7(10-6-12)3-1-2-4-9-5-11/h7H,1-4H2,(H2,8,13,14). The average molecular weight is 233 g/mol. The average Bonchev–Trinajstić information content (AvgIpc) is 2.14. The fourth-order valence-electron chi connectivity index (χ4n) is 0.917. The number of rotatable bonds is 7. The third-order valence-electron chi connectivity index (χ3n) is 1.61. The van der Waals surface area contributed by atoms with Gasteiger partial charge in [0, 0.05) is 0 Å². The third-order valence-corrected chi connectivity index (χ3v) is 2.71. The van der Waals surface area contributed by atoms with Crippen LogP contribution in [0, 0.1) is 0 Å². The largest absolute Gasteiger partial charge is 0.236 e. The number of hydrogen-bond donors (Lipinski definition) is 1. The molecule has 0 saturated heterocycles. The first-order chi connectivity index (χ1) is 7.02. The van der Waals surface area contributed by atoms with Gasteiger partial charge >= 0.3 is 0 Å². The third kappa shape index (κ3) is 6.70. The van der Waals surface area contributed by atoms with Crippen LogP contribution < -0.4 is 5.14 Å². The van der Waals surface area contributed by atoms with Gasteiger partial charge in [-0.25, -0.2) is 28.1 Å². The minimum atomic E-state index is -3.86. The number of nitrogens with two attached hydrogens (primary N) is 1. The molecular weight excluding hydrogens is 222 g/mol. The molecule has 84 valence electrons. The number of hydrogen-bond acceptors (Lipinski definition) is 6. The fraction of sp³-hybridized carbons (Fsp3) is 0.714. The van der Waals surface area contributed by atoms with Crippen molar-refractivity contribution in [3.8, 4) is 0 Å². The lowest BCUT2D eigenvalue weighted by Gasteiger charge is -2.06. The maximum Gasteiger partial charge on any atom is 0.236 e. The summed E-state index contributed by atoms with van der Waals surface area (Å²) in [6, 6.07) is 0. The van der Waals surface area contributed by atoms with E-state index in [4.69, 9.17) is 5.14 Å². The predicted molar refractivity (Wildman–Crippen MR) is 51.9 cm³/mol. The first kappa shape index (κ1) is 13.7. The Kier molecular flexibility index (Phi) is 6.40. The van der Waals surface area contributed by atoms with Gasteiger partial charge in [-0.2, -0.15) is 4.99 Å². The van der Waals surface area contributed by atoms with Gasteiger partial charge in [-0.3, -0.25) is 0 Å². The van der Waals surface area contributed by atoms with E-state index < -0.39 is 15.4 Å². The van der Waals surface area contributed by atoms with Gasteiger partial charge in [-0.1, -0.05) is 0 Å². The van der Waals surface area contributed by atoms with Crippen molar-refractivity contribution < 1.29 is 18.0 Å². The zero-order valence-electron chi connectivity index (χ0n) is 7.92. The summed E-state index contributed by atoms with van der Waals surface area (Å²) < 4.78 is 21.7. The van der Waals surface area contributed by atoms with Crippen LogP contribution in [0.2, 0.25) is 0 Å². The summed E-state index contributed by atoms with van der Waals surface area (Å²) in [4.78, 5) is 26.0. The van der Waals surface area contributed by atoms with Crippen LogP contribution in [0.5, 0.6) is 0 Å². The molecule has 0 radical (unpaired) electrons. The molecule has 0 aromatic heterocycles. The van der Waals surface area contributed by atoms with Crippen molar-refractivity contribution in [2.75, 3.05) is 6.54 Å². The lowest BCUT2D eigenvalue weighted by atomic mass is 10.2. The molecule has 0 aliphatic carbocycles. The molecule has 0 amide bonds. The van der Waals surface area contributed by atoms with E-state index in [2.05, 4.69) is 9.98 Å². The highest BCUT2D eigenvalue weighted by molar-refractivity contribution is 7.89. The Morgan fingerprint density at radius 1 is 1.20 bits per heavy atom. The molecule has 0 aromatic rings. The van der Waals surface area contributed by atoms with Gasteiger partial charge in [0.1, 0.15) is 0 Å². The van der Waals surface area contributed by atoms with E-state index in [9.17, 15) is 18.0 Å². The van der Waals surface area contributed by atoms with E-state index in [-0.39, 0.29) is 13.0 Å². The highest BCUT2D eigenvalue weighted by Crippen LogP contribution is 2.08. The Bertz CT molecular complexity index is 379. The van der Waals surface area contributed by atoms with E-state index in [1.54, 1.807) is 0 Å². The van der Waals surface area contributed by atoms with E-state index in [1.165, 1.54) is 6.08 Å². The minimum Gasteiger partial charge on any atom is -0.227 e. The van der Waals surface area contributed by atoms with Crippen LogP contribution in [-0.2, 0) is 19.6 Å². The molecule has 1 unspecified atom stereocenters. The predicted octanol–water partition coefficient (Wildman–Crippen LogP) is -0.557. The number of carbonyl (C=O) groups excluding carboxylic acids is 2. The molecule has 1 atom stereocenters. The Balaban J connectivity index is 4.10. The van der Waals surface area contributed by atoms with Crippen LogP contribution in [0.25, 0.3) is 0 Å². The van der Waals surface area contributed by atoms with E-state index in [1.807, 2.05) is 0 Å². The van der Waals surface area contributed by atoms with Crippen LogP contribution in [0.3, 0.4) is 0 Å². The molecule has 0 aliphatic heterocycles. The number of nitrogens with zero attached hydrogens (tertiary/aromatic N) is 2. The first-order valence-electron chi connectivity index (χ1n) is 4.14. The quantitative estimate of drug-likeness (QED) is 0.360. The Morgan fingerprint density at radius 2 is 1.87 bits per heavy atom. The first-order valence-corrected chi connectivity index (χ1v) is 5.75. The summed E-state index contributed by atoms with van der Waals surface area (Å²) in [5, 5.41) is 3.57. The molecule has 0 bridgehead atoms. The van der Waals surface area contributed by atoms with Crippen molar-refractivity contribution in [2.24, 2.45) is 15.1 Å². The summed E-state index contributed by atoms with van der Waals surface area (Å²) >= 11 is 0. The number of aliphatic imine (C=N–C) groups is 2. The van der Waals surface area contributed by atoms with Gasteiger partial charge in [-0.15, -0.1) is 0 Å². The van der Waals surface area contributed by atoms with Crippen LogP contribution in [0.15, 0.2) is 9.98 Å². The Morgan fingerprint density at radius 3 is 2.33 bits per heavy atom. The molecule has 8 heteroatoms. The number of unbranched alkanes of at least 4 members (excludes halogenated alkanes) is 1. The van der Waals surface area contributed by atoms with E-state index >= 15 is 0 Å². The number of isocyanates is 2. The van der Waals surface area contributed by atoms with Crippen LogP contribution in [-0.4, -0.2) is 32.5 Å². The molecule has 0 rings (SSSR count). The van der Waals surface area contributed by atoms with Crippen LogP contribution >= 0.6 is 0 Å².